The van der Waals surface area contributed by atoms with Gasteiger partial charge in [-0.05, 0) is 55.4 Å². The summed E-state index contributed by atoms with van der Waals surface area (Å²) in [7, 11) is 0. The number of hydrogen-bond acceptors (Lipinski definition) is 8. The van der Waals surface area contributed by atoms with Gasteiger partial charge in [0.2, 0.25) is 0 Å². The summed E-state index contributed by atoms with van der Waals surface area (Å²) >= 11 is 0. The fourth-order valence-electron chi connectivity index (χ4n) is 7.39. The van der Waals surface area contributed by atoms with Crippen LogP contribution in [0, 0.1) is 23.5 Å². The molecule has 3 aromatic rings. The van der Waals surface area contributed by atoms with Crippen LogP contribution in [-0.4, -0.2) is 102 Å². The van der Waals surface area contributed by atoms with Gasteiger partial charge in [-0.25, -0.2) is 22.9 Å². The first kappa shape index (κ1) is 39.7. The molecule has 1 aromatic heterocycles. The van der Waals surface area contributed by atoms with E-state index in [-0.39, 0.29) is 48.6 Å². The normalized spacial score (nSPS) is 19.2. The van der Waals surface area contributed by atoms with Gasteiger partial charge in [0.1, 0.15) is 23.6 Å². The van der Waals surface area contributed by atoms with Crippen LogP contribution >= 0.6 is 0 Å². The van der Waals surface area contributed by atoms with Gasteiger partial charge < -0.3 is 29.6 Å². The molecule has 2 saturated heterocycles. The van der Waals surface area contributed by atoms with E-state index in [1.807, 2.05) is 34.9 Å². The molecule has 3 unspecified atom stereocenters. The first-order chi connectivity index (χ1) is 26.7. The van der Waals surface area contributed by atoms with Gasteiger partial charge in [-0.15, -0.1) is 0 Å². The molecule has 3 aliphatic heterocycles. The van der Waals surface area contributed by atoms with Gasteiger partial charge in [0.05, 0.1) is 11.7 Å². The largest absolute Gasteiger partial charge is 0.439 e. The quantitative estimate of drug-likeness (QED) is 0.146. The fraction of sp³-hybridized carbons (Fsp3) is 0.475. The van der Waals surface area contributed by atoms with Crippen molar-refractivity contribution in [1.29, 1.82) is 0 Å². The number of carbonyl (C=O) groups is 4. The molecule has 12 nitrogen and oxygen atoms in total. The Morgan fingerprint density at radius 1 is 1.00 bits per heavy atom. The zero-order chi connectivity index (χ0) is 38.7. The molecule has 2 aromatic carbocycles. The Bertz CT molecular complexity index is 1820. The maximum absolute atomic E-state index is 15.2. The minimum absolute atomic E-state index is 0.00649. The van der Waals surface area contributed by atoms with E-state index in [0.29, 0.717) is 64.4 Å². The molecule has 6 rings (SSSR count). The Balaban J connectivity index is 1.19. The van der Waals surface area contributed by atoms with Crippen LogP contribution in [0.25, 0.3) is 11.3 Å². The summed E-state index contributed by atoms with van der Waals surface area (Å²) in [5, 5.41) is 5.72. The van der Waals surface area contributed by atoms with Crippen LogP contribution in [0.5, 0.6) is 0 Å². The van der Waals surface area contributed by atoms with Crippen LogP contribution in [0.2, 0.25) is 0 Å². The van der Waals surface area contributed by atoms with Crippen molar-refractivity contribution in [3.8, 4) is 11.3 Å². The zero-order valence-electron chi connectivity index (χ0n) is 30.6. The smallest absolute Gasteiger partial charge is 0.407 e. The zero-order valence-corrected chi connectivity index (χ0v) is 30.6. The average Bonchev–Trinajstić information content (AvgIpc) is 3.89. The van der Waals surface area contributed by atoms with Crippen molar-refractivity contribution in [2.24, 2.45) is 11.8 Å². The maximum Gasteiger partial charge on any atom is 0.407 e. The van der Waals surface area contributed by atoms with Gasteiger partial charge in [-0.3, -0.25) is 19.3 Å². The number of carbonyl (C=O) groups excluding carboxylic acids is 4. The second kappa shape index (κ2) is 19.0. The number of nitrogens with zero attached hydrogens (tertiary/aromatic N) is 4. The van der Waals surface area contributed by atoms with E-state index in [1.54, 1.807) is 11.1 Å². The number of aromatic nitrogens is 2. The van der Waals surface area contributed by atoms with Crippen LogP contribution in [0.3, 0.4) is 0 Å². The molecule has 0 radical (unpaired) electrons. The highest BCUT2D eigenvalue weighted by molar-refractivity contribution is 6.12. The van der Waals surface area contributed by atoms with Crippen LogP contribution in [-0.2, 0) is 30.4 Å². The molecule has 15 heteroatoms. The van der Waals surface area contributed by atoms with Crippen molar-refractivity contribution in [1.82, 2.24) is 30.0 Å². The lowest BCUT2D eigenvalue weighted by Gasteiger charge is -2.39. The Kier molecular flexibility index (Phi) is 13.7. The van der Waals surface area contributed by atoms with Crippen molar-refractivity contribution < 1.29 is 41.8 Å². The standard InChI is InChI=1S/C40H47F3N6O6/c41-30-10-11-32(42)31(20-30)34-25-47(23-27-8-4-3-5-9-27)39(46-34)38(28-14-18-54-19-15-28)49(24-29-21-44-22-33(29)43)37(52)26-55-40(53)45-16-6-1-2-7-17-48-35(50)12-13-36(48)51/h3-5,8-13,20,25,28-29,33,38,44H,1-2,6-7,14-19,21-24,26H2,(H,45,53). The van der Waals surface area contributed by atoms with E-state index >= 15 is 8.78 Å². The van der Waals surface area contributed by atoms with Crippen molar-refractivity contribution in [3.63, 3.8) is 0 Å². The first-order valence-corrected chi connectivity index (χ1v) is 18.9. The first-order valence-electron chi connectivity index (χ1n) is 18.9. The van der Waals surface area contributed by atoms with Gasteiger partial charge in [0.25, 0.3) is 17.7 Å². The van der Waals surface area contributed by atoms with Crippen LogP contribution in [0.4, 0.5) is 18.0 Å². The van der Waals surface area contributed by atoms with Crippen molar-refractivity contribution in [2.45, 2.75) is 57.3 Å². The van der Waals surface area contributed by atoms with Crippen molar-refractivity contribution >= 4 is 23.8 Å². The Morgan fingerprint density at radius 3 is 2.47 bits per heavy atom. The van der Waals surface area contributed by atoms with Crippen LogP contribution in [0.1, 0.15) is 56.0 Å². The van der Waals surface area contributed by atoms with E-state index in [4.69, 9.17) is 14.5 Å². The van der Waals surface area contributed by atoms with E-state index < -0.39 is 48.4 Å². The lowest BCUT2D eigenvalue weighted by atomic mass is 9.88. The van der Waals surface area contributed by atoms with Gasteiger partial charge in [0.15, 0.2) is 6.61 Å². The second-order valence-electron chi connectivity index (χ2n) is 14.2. The van der Waals surface area contributed by atoms with E-state index in [9.17, 15) is 23.6 Å². The fourth-order valence-corrected chi connectivity index (χ4v) is 7.39. The molecular formula is C40H47F3N6O6. The van der Waals surface area contributed by atoms with E-state index in [2.05, 4.69) is 10.6 Å². The molecule has 0 saturated carbocycles. The van der Waals surface area contributed by atoms with Gasteiger partial charge >= 0.3 is 6.09 Å². The number of benzene rings is 2. The highest BCUT2D eigenvalue weighted by Crippen LogP contribution is 2.38. The van der Waals surface area contributed by atoms with Gasteiger partial charge in [-0.1, -0.05) is 43.2 Å². The number of nitrogens with one attached hydrogen (secondary N) is 2. The Labute approximate surface area is 318 Å². The Morgan fingerprint density at radius 2 is 1.75 bits per heavy atom. The van der Waals surface area contributed by atoms with Crippen LogP contribution in [0.15, 0.2) is 66.9 Å². The minimum atomic E-state index is -1.22. The van der Waals surface area contributed by atoms with Crippen molar-refractivity contribution in [3.05, 3.63) is 89.9 Å². The topological polar surface area (TPSA) is 135 Å². The number of unbranched alkanes of at least 4 members (excludes halogenated alkanes) is 3. The SMILES string of the molecule is O=C(NCCCCCCN1C(=O)C=CC1=O)OCC(=O)N(CC1CNCC1F)C(c1nc(-c2cc(F)ccc2F)cn1Cc1ccccc1)C1CCOCC1. The lowest BCUT2D eigenvalue weighted by molar-refractivity contribution is -0.140. The predicted octanol–water partition coefficient (Wildman–Crippen LogP) is 4.94. The summed E-state index contributed by atoms with van der Waals surface area (Å²) < 4.78 is 57.8. The molecule has 0 bridgehead atoms. The van der Waals surface area contributed by atoms with Gasteiger partial charge in [0, 0.05) is 82.3 Å². The Hall–Kier alpha value is -5.02. The monoisotopic (exact) mass is 764 g/mol. The maximum atomic E-state index is 15.2. The summed E-state index contributed by atoms with van der Waals surface area (Å²) in [5.74, 6) is -2.77. The van der Waals surface area contributed by atoms with Gasteiger partial charge in [-0.2, -0.15) is 0 Å². The predicted molar refractivity (Wildman–Crippen MR) is 196 cm³/mol. The average molecular weight is 765 g/mol. The summed E-state index contributed by atoms with van der Waals surface area (Å²) in [4.78, 5) is 58.1. The third kappa shape index (κ3) is 10.4. The summed E-state index contributed by atoms with van der Waals surface area (Å²) in [6.07, 6.45) is 6.01. The number of ether oxygens (including phenoxy) is 2. The summed E-state index contributed by atoms with van der Waals surface area (Å²) in [5.41, 5.74) is 1.06. The number of alkyl halides is 1. The molecule has 2 fully saturated rings. The molecule has 3 atom stereocenters. The highest BCUT2D eigenvalue weighted by atomic mass is 19.1. The molecule has 4 heterocycles. The lowest BCUT2D eigenvalue weighted by Crippen LogP contribution is -2.47. The highest BCUT2D eigenvalue weighted by Gasteiger charge is 2.40. The second-order valence-corrected chi connectivity index (χ2v) is 14.2. The van der Waals surface area contributed by atoms with E-state index in [0.717, 1.165) is 36.6 Å². The summed E-state index contributed by atoms with van der Waals surface area (Å²) in [6.45, 7) is 1.67. The van der Waals surface area contributed by atoms with E-state index in [1.165, 1.54) is 17.1 Å². The third-order valence-electron chi connectivity index (χ3n) is 10.3. The number of amides is 4. The molecule has 3 aliphatic rings. The molecule has 55 heavy (non-hydrogen) atoms. The minimum Gasteiger partial charge on any atom is -0.439 e. The molecular weight excluding hydrogens is 717 g/mol. The molecule has 0 aliphatic carbocycles. The number of rotatable bonds is 17. The number of imide groups is 1. The molecule has 2 N–H and O–H groups in total. The van der Waals surface area contributed by atoms with Crippen molar-refractivity contribution in [2.75, 3.05) is 52.5 Å². The molecule has 0 spiro atoms. The molecule has 294 valence electrons. The number of halogens is 3. The number of imidazole rings is 1. The third-order valence-corrected chi connectivity index (χ3v) is 10.3. The van der Waals surface area contributed by atoms with Crippen LogP contribution < -0.4 is 10.6 Å². The number of alkyl carbamates (subject to hydrolysis) is 1. The number of hydrogen-bond donors (Lipinski definition) is 2. The molecule has 4 amide bonds. The summed E-state index contributed by atoms with van der Waals surface area (Å²) in [6, 6.07) is 12.0.